The van der Waals surface area contributed by atoms with Crippen LogP contribution in [0.5, 0.6) is 5.75 Å². The van der Waals surface area contributed by atoms with Gasteiger partial charge in [-0.1, -0.05) is 0 Å². The number of methoxy groups -OCH3 is 1. The van der Waals surface area contributed by atoms with E-state index in [1.807, 2.05) is 0 Å². The van der Waals surface area contributed by atoms with Crippen molar-refractivity contribution in [3.8, 4) is 17.0 Å². The molecule has 1 heterocycles. The molecular formula is C20H17F5N4OS. The summed E-state index contributed by atoms with van der Waals surface area (Å²) in [6.45, 7) is 0. The zero-order valence-electron chi connectivity index (χ0n) is 16.3. The van der Waals surface area contributed by atoms with Gasteiger partial charge in [-0.15, -0.1) is 10.7 Å². The van der Waals surface area contributed by atoms with Crippen molar-refractivity contribution in [3.63, 3.8) is 0 Å². The summed E-state index contributed by atoms with van der Waals surface area (Å²) in [6, 6.07) is 6.77. The van der Waals surface area contributed by atoms with Crippen LogP contribution in [0.15, 0.2) is 42.6 Å². The number of nitrogens with one attached hydrogen (secondary N) is 2. The van der Waals surface area contributed by atoms with Crippen molar-refractivity contribution >= 4 is 22.3 Å². The maximum Gasteiger partial charge on any atom is 0.416 e. The van der Waals surface area contributed by atoms with Crippen molar-refractivity contribution < 1.29 is 26.7 Å². The molecule has 0 spiro atoms. The summed E-state index contributed by atoms with van der Waals surface area (Å²) in [4.78, 5) is 7.83. The molecule has 11 heteroatoms. The number of aromatic nitrogens is 2. The third kappa shape index (κ3) is 5.54. The first-order chi connectivity index (χ1) is 14.6. The first-order valence-electron chi connectivity index (χ1n) is 8.75. The van der Waals surface area contributed by atoms with Crippen molar-refractivity contribution in [2.45, 2.75) is 11.9 Å². The van der Waals surface area contributed by atoms with Gasteiger partial charge in [0.1, 0.15) is 17.3 Å². The van der Waals surface area contributed by atoms with Crippen molar-refractivity contribution in [2.24, 2.45) is 0 Å². The monoisotopic (exact) mass is 456 g/mol. The second-order valence-electron chi connectivity index (χ2n) is 6.56. The van der Waals surface area contributed by atoms with Gasteiger partial charge >= 0.3 is 6.18 Å². The van der Waals surface area contributed by atoms with Crippen molar-refractivity contribution in [1.82, 2.24) is 9.97 Å². The summed E-state index contributed by atoms with van der Waals surface area (Å²) in [5.74, 6) is -1.38. The van der Waals surface area contributed by atoms with Gasteiger partial charge in [0.25, 0.3) is 0 Å². The highest BCUT2D eigenvalue weighted by atomic mass is 32.2. The molecule has 0 fully saturated rings. The molecule has 1 aromatic heterocycles. The number of halogens is 5. The number of anilines is 2. The van der Waals surface area contributed by atoms with E-state index in [0.29, 0.717) is 5.56 Å². The lowest BCUT2D eigenvalue weighted by Crippen LogP contribution is -2.08. The van der Waals surface area contributed by atoms with E-state index in [4.69, 9.17) is 9.52 Å². The molecular weight excluding hydrogens is 439 g/mol. The van der Waals surface area contributed by atoms with Crippen LogP contribution >= 0.6 is 0 Å². The first-order valence-corrected chi connectivity index (χ1v) is 10.6. The third-order valence-corrected chi connectivity index (χ3v) is 4.89. The minimum Gasteiger partial charge on any atom is -0.496 e. The maximum absolute atomic E-state index is 14.4. The lowest BCUT2D eigenvalue weighted by Gasteiger charge is -2.14. The Hall–Kier alpha value is -3.08. The van der Waals surface area contributed by atoms with Gasteiger partial charge in [0, 0.05) is 23.1 Å². The van der Waals surface area contributed by atoms with Gasteiger partial charge in [0.15, 0.2) is 5.82 Å². The molecule has 164 valence electrons. The standard InChI is InChI=1S/C20H17F5N4OS/c1-30-17-8-13(21)3-4-15(17)18-16(22)9-27-19(29-18)28-14-6-11(10-31(2)26)5-12(7-14)20(23,24)25/h3-9,26H,10H2,1-2H3,(H,27,28,29). The molecule has 0 saturated heterocycles. The largest absolute Gasteiger partial charge is 0.496 e. The summed E-state index contributed by atoms with van der Waals surface area (Å²) in [5.41, 5.74) is -0.580. The fourth-order valence-corrected chi connectivity index (χ4v) is 3.53. The summed E-state index contributed by atoms with van der Waals surface area (Å²) in [5, 5.41) is 2.65. The second kappa shape index (κ2) is 8.96. The van der Waals surface area contributed by atoms with Crippen molar-refractivity contribution in [1.29, 1.82) is 4.78 Å². The van der Waals surface area contributed by atoms with Crippen LogP contribution in [-0.2, 0) is 22.6 Å². The van der Waals surface area contributed by atoms with E-state index in [2.05, 4.69) is 15.3 Å². The second-order valence-corrected chi connectivity index (χ2v) is 8.12. The minimum absolute atomic E-state index is 0.0373. The van der Waals surface area contributed by atoms with E-state index in [1.165, 1.54) is 19.2 Å². The predicted octanol–water partition coefficient (Wildman–Crippen LogP) is 5.70. The number of hydrogen-bond donors (Lipinski definition) is 2. The summed E-state index contributed by atoms with van der Waals surface area (Å²) < 4.78 is 80.4. The van der Waals surface area contributed by atoms with Crippen molar-refractivity contribution in [2.75, 3.05) is 18.7 Å². The van der Waals surface area contributed by atoms with Gasteiger partial charge in [-0.05, 0) is 42.2 Å². The molecule has 0 aliphatic carbocycles. The molecule has 0 radical (unpaired) electrons. The highest BCUT2D eigenvalue weighted by Crippen LogP contribution is 2.34. The Bertz CT molecular complexity index is 1140. The molecule has 2 aromatic carbocycles. The fraction of sp³-hybridized carbons (Fsp3) is 0.200. The van der Waals surface area contributed by atoms with Crippen LogP contribution in [0.3, 0.4) is 0 Å². The van der Waals surface area contributed by atoms with Gasteiger partial charge in [-0.2, -0.15) is 13.2 Å². The van der Waals surface area contributed by atoms with Crippen LogP contribution < -0.4 is 10.1 Å². The topological polar surface area (TPSA) is 70.9 Å². The van der Waals surface area contributed by atoms with Crippen LogP contribution in [0.1, 0.15) is 11.1 Å². The Morgan fingerprint density at radius 3 is 2.52 bits per heavy atom. The zero-order chi connectivity index (χ0) is 22.8. The number of hydrogen-bond acceptors (Lipinski definition) is 5. The average Bonchev–Trinajstić information content (AvgIpc) is 2.68. The van der Waals surface area contributed by atoms with E-state index in [-0.39, 0.29) is 34.4 Å². The lowest BCUT2D eigenvalue weighted by atomic mass is 10.1. The summed E-state index contributed by atoms with van der Waals surface area (Å²) >= 11 is 0. The molecule has 0 bridgehead atoms. The molecule has 3 rings (SSSR count). The highest BCUT2D eigenvalue weighted by Gasteiger charge is 2.31. The molecule has 0 aliphatic rings. The Morgan fingerprint density at radius 2 is 1.87 bits per heavy atom. The Kier molecular flexibility index (Phi) is 6.54. The van der Waals surface area contributed by atoms with Crippen LogP contribution in [-0.4, -0.2) is 23.3 Å². The smallest absolute Gasteiger partial charge is 0.416 e. The molecule has 3 aromatic rings. The van der Waals surface area contributed by atoms with Gasteiger partial charge in [0.2, 0.25) is 5.95 Å². The Morgan fingerprint density at radius 1 is 1.13 bits per heavy atom. The fourth-order valence-electron chi connectivity index (χ4n) is 2.87. The Labute approximate surface area is 177 Å². The quantitative estimate of drug-likeness (QED) is 0.467. The van der Waals surface area contributed by atoms with E-state index < -0.39 is 34.1 Å². The molecule has 31 heavy (non-hydrogen) atoms. The Balaban J connectivity index is 2.02. The van der Waals surface area contributed by atoms with Gasteiger partial charge in [-0.3, -0.25) is 4.78 Å². The number of benzene rings is 2. The maximum atomic E-state index is 14.4. The van der Waals surface area contributed by atoms with Crippen LogP contribution in [0.4, 0.5) is 33.6 Å². The highest BCUT2D eigenvalue weighted by molar-refractivity contribution is 7.84. The molecule has 0 saturated carbocycles. The number of alkyl halides is 3. The lowest BCUT2D eigenvalue weighted by molar-refractivity contribution is -0.137. The molecule has 5 nitrogen and oxygen atoms in total. The van der Waals surface area contributed by atoms with Crippen LogP contribution in [0.2, 0.25) is 0 Å². The van der Waals surface area contributed by atoms with Crippen LogP contribution in [0, 0.1) is 16.4 Å². The average molecular weight is 456 g/mol. The molecule has 1 unspecified atom stereocenters. The molecule has 2 N–H and O–H groups in total. The SMILES string of the molecule is COc1cc(F)ccc1-c1nc(Nc2cc(CS(C)=N)cc(C(F)(F)F)c2)ncc1F. The molecule has 1 atom stereocenters. The predicted molar refractivity (Wildman–Crippen MR) is 108 cm³/mol. The molecule has 0 amide bonds. The number of nitrogens with zero attached hydrogens (tertiary/aromatic N) is 2. The van der Waals surface area contributed by atoms with Gasteiger partial charge in [-0.25, -0.2) is 18.7 Å². The zero-order valence-corrected chi connectivity index (χ0v) is 17.2. The van der Waals surface area contributed by atoms with E-state index in [1.54, 1.807) is 6.26 Å². The third-order valence-electron chi connectivity index (χ3n) is 4.12. The summed E-state index contributed by atoms with van der Waals surface area (Å²) in [7, 11) is 0.422. The van der Waals surface area contributed by atoms with E-state index in [0.717, 1.165) is 30.5 Å². The van der Waals surface area contributed by atoms with Crippen LogP contribution in [0.25, 0.3) is 11.3 Å². The first kappa shape index (κ1) is 22.6. The minimum atomic E-state index is -4.59. The number of ether oxygens (including phenoxy) is 1. The van der Waals surface area contributed by atoms with E-state index in [9.17, 15) is 22.0 Å². The van der Waals surface area contributed by atoms with Gasteiger partial charge < -0.3 is 10.1 Å². The number of rotatable bonds is 6. The summed E-state index contributed by atoms with van der Waals surface area (Å²) in [6.07, 6.45) is -2.13. The van der Waals surface area contributed by atoms with E-state index >= 15 is 0 Å². The van der Waals surface area contributed by atoms with Crippen molar-refractivity contribution in [3.05, 3.63) is 65.4 Å². The molecule has 0 aliphatic heterocycles. The van der Waals surface area contributed by atoms with Gasteiger partial charge in [0.05, 0.1) is 18.9 Å². The normalized spacial score (nSPS) is 12.5.